The number of alkyl halides is 3. The van der Waals surface area contributed by atoms with Crippen LogP contribution >= 0.6 is 0 Å². The minimum Gasteiger partial charge on any atom is -0.481 e. The highest BCUT2D eigenvalue weighted by atomic mass is 19.4. The van der Waals surface area contributed by atoms with Gasteiger partial charge in [0.25, 0.3) is 0 Å². The number of piperidine rings is 1. The van der Waals surface area contributed by atoms with E-state index in [1.54, 1.807) is 12.4 Å². The lowest BCUT2D eigenvalue weighted by atomic mass is 9.93. The third-order valence-electron chi connectivity index (χ3n) is 3.35. The van der Waals surface area contributed by atoms with Gasteiger partial charge in [-0.25, -0.2) is 4.79 Å². The van der Waals surface area contributed by atoms with Gasteiger partial charge in [-0.15, -0.1) is 0 Å². The second kappa shape index (κ2) is 8.35. The second-order valence-corrected chi connectivity index (χ2v) is 5.04. The molecule has 2 N–H and O–H groups in total. The van der Waals surface area contributed by atoms with Gasteiger partial charge in [0.15, 0.2) is 0 Å². The van der Waals surface area contributed by atoms with Gasteiger partial charge in [0.2, 0.25) is 0 Å². The molecule has 1 aromatic rings. The highest BCUT2D eigenvalue weighted by Gasteiger charge is 2.38. The third kappa shape index (κ3) is 6.98. The first-order valence-electron chi connectivity index (χ1n) is 6.87. The third-order valence-corrected chi connectivity index (χ3v) is 3.35. The first-order chi connectivity index (χ1) is 10.7. The van der Waals surface area contributed by atoms with Crippen molar-refractivity contribution in [2.45, 2.75) is 25.4 Å². The van der Waals surface area contributed by atoms with Crippen LogP contribution in [0.3, 0.4) is 0 Å². The normalized spacial score (nSPS) is 15.5. The summed E-state index contributed by atoms with van der Waals surface area (Å²) in [6.45, 7) is 1.89. The van der Waals surface area contributed by atoms with Gasteiger partial charge in [0.05, 0.1) is 0 Å². The predicted octanol–water partition coefficient (Wildman–Crippen LogP) is 2.41. The van der Waals surface area contributed by atoms with Crippen molar-refractivity contribution in [1.29, 1.82) is 0 Å². The number of nitrogens with zero attached hydrogens (tertiary/aromatic N) is 2. The summed E-state index contributed by atoms with van der Waals surface area (Å²) in [5, 5.41) is 15.9. The maximum Gasteiger partial charge on any atom is 0.490 e. The molecule has 128 valence electrons. The molecule has 1 aromatic heterocycles. The number of carboxylic acid groups (broad SMARTS) is 2. The summed E-state index contributed by atoms with van der Waals surface area (Å²) in [6.07, 6.45) is 0.741. The number of rotatable bonds is 3. The molecule has 2 heterocycles. The molecule has 0 spiro atoms. The Hall–Kier alpha value is -2.32. The number of anilines is 1. The molecule has 0 aromatic carbocycles. The molecule has 0 aliphatic carbocycles. The molecule has 0 unspecified atom stereocenters. The first-order valence-corrected chi connectivity index (χ1v) is 6.87. The Morgan fingerprint density at radius 2 is 1.65 bits per heavy atom. The van der Waals surface area contributed by atoms with E-state index in [2.05, 4.69) is 9.88 Å². The average Bonchev–Trinajstić information content (AvgIpc) is 2.48. The number of hydrogen-bond acceptors (Lipinski definition) is 4. The standard InChI is InChI=1S/C12H16N2O2.C2HF3O2/c15-12(16)9-10-3-7-14(8-4-10)11-1-5-13-6-2-11;3-2(4,5)1(6)7/h1-2,5-6,10H,3-4,7-9H2,(H,15,16);(H,6,7). The number of pyridine rings is 1. The maximum absolute atomic E-state index is 10.6. The van der Waals surface area contributed by atoms with Crippen LogP contribution in [0.5, 0.6) is 0 Å². The lowest BCUT2D eigenvalue weighted by molar-refractivity contribution is -0.192. The van der Waals surface area contributed by atoms with Crippen molar-refractivity contribution in [2.24, 2.45) is 5.92 Å². The van der Waals surface area contributed by atoms with Crippen LogP contribution in [0.4, 0.5) is 18.9 Å². The predicted molar refractivity (Wildman–Crippen MR) is 75.1 cm³/mol. The van der Waals surface area contributed by atoms with Crippen molar-refractivity contribution in [2.75, 3.05) is 18.0 Å². The zero-order chi connectivity index (χ0) is 17.5. The number of hydrogen-bond donors (Lipinski definition) is 2. The maximum atomic E-state index is 10.6. The van der Waals surface area contributed by atoms with Crippen molar-refractivity contribution in [3.63, 3.8) is 0 Å². The number of carboxylic acids is 2. The van der Waals surface area contributed by atoms with Crippen molar-refractivity contribution < 1.29 is 33.0 Å². The molecule has 2 rings (SSSR count). The van der Waals surface area contributed by atoms with Crippen molar-refractivity contribution in [3.8, 4) is 0 Å². The summed E-state index contributed by atoms with van der Waals surface area (Å²) < 4.78 is 31.7. The molecule has 6 nitrogen and oxygen atoms in total. The Morgan fingerprint density at radius 3 is 2.04 bits per heavy atom. The van der Waals surface area contributed by atoms with E-state index >= 15 is 0 Å². The van der Waals surface area contributed by atoms with Gasteiger partial charge < -0.3 is 15.1 Å². The Morgan fingerprint density at radius 1 is 1.17 bits per heavy atom. The van der Waals surface area contributed by atoms with E-state index < -0.39 is 18.1 Å². The zero-order valence-electron chi connectivity index (χ0n) is 12.2. The molecule has 1 saturated heterocycles. The van der Waals surface area contributed by atoms with Gasteiger partial charge in [0.1, 0.15) is 0 Å². The lowest BCUT2D eigenvalue weighted by Crippen LogP contribution is -2.34. The van der Waals surface area contributed by atoms with Crippen LogP contribution in [-0.2, 0) is 9.59 Å². The van der Waals surface area contributed by atoms with E-state index in [4.69, 9.17) is 15.0 Å². The van der Waals surface area contributed by atoms with Crippen molar-refractivity contribution in [1.82, 2.24) is 4.98 Å². The minimum atomic E-state index is -5.08. The molecular formula is C14H17F3N2O4. The Balaban J connectivity index is 0.000000322. The van der Waals surface area contributed by atoms with E-state index in [9.17, 15) is 18.0 Å². The van der Waals surface area contributed by atoms with E-state index in [0.29, 0.717) is 12.3 Å². The smallest absolute Gasteiger partial charge is 0.481 e. The monoisotopic (exact) mass is 334 g/mol. The number of carbonyl (C=O) groups is 2. The summed E-state index contributed by atoms with van der Waals surface area (Å²) in [7, 11) is 0. The zero-order valence-corrected chi connectivity index (χ0v) is 12.2. The molecule has 23 heavy (non-hydrogen) atoms. The summed E-state index contributed by atoms with van der Waals surface area (Å²) in [5.41, 5.74) is 1.18. The Kier molecular flexibility index (Phi) is 6.80. The van der Waals surface area contributed by atoms with Gasteiger partial charge in [0, 0.05) is 37.6 Å². The van der Waals surface area contributed by atoms with Crippen molar-refractivity contribution >= 4 is 17.6 Å². The van der Waals surface area contributed by atoms with Crippen LogP contribution in [0.2, 0.25) is 0 Å². The first kappa shape index (κ1) is 18.7. The van der Waals surface area contributed by atoms with E-state index in [0.717, 1.165) is 25.9 Å². The van der Waals surface area contributed by atoms with Crippen LogP contribution in [0, 0.1) is 5.92 Å². The van der Waals surface area contributed by atoms with Gasteiger partial charge in [-0.1, -0.05) is 0 Å². The van der Waals surface area contributed by atoms with Crippen LogP contribution in [0.15, 0.2) is 24.5 Å². The summed E-state index contributed by atoms with van der Waals surface area (Å²) in [5.74, 6) is -3.09. The Bertz CT molecular complexity index is 515. The van der Waals surface area contributed by atoms with Crippen LogP contribution in [0.25, 0.3) is 0 Å². The molecule has 0 bridgehead atoms. The largest absolute Gasteiger partial charge is 0.490 e. The molecule has 0 amide bonds. The van der Waals surface area contributed by atoms with E-state index in [-0.39, 0.29) is 0 Å². The molecule has 1 fully saturated rings. The molecular weight excluding hydrogens is 317 g/mol. The van der Waals surface area contributed by atoms with E-state index in [1.165, 1.54) is 5.69 Å². The molecule has 1 aliphatic rings. The summed E-state index contributed by atoms with van der Waals surface area (Å²) >= 11 is 0. The highest BCUT2D eigenvalue weighted by molar-refractivity contribution is 5.73. The van der Waals surface area contributed by atoms with Crippen LogP contribution in [0.1, 0.15) is 19.3 Å². The molecule has 9 heteroatoms. The SMILES string of the molecule is O=C(O)C(F)(F)F.O=C(O)CC1CCN(c2ccncc2)CC1. The van der Waals surface area contributed by atoms with Crippen molar-refractivity contribution in [3.05, 3.63) is 24.5 Å². The number of aliphatic carboxylic acids is 2. The molecule has 1 aliphatic heterocycles. The quantitative estimate of drug-likeness (QED) is 0.882. The minimum absolute atomic E-state index is 0.310. The fourth-order valence-electron chi connectivity index (χ4n) is 2.20. The fraction of sp³-hybridized carbons (Fsp3) is 0.500. The van der Waals surface area contributed by atoms with Gasteiger partial charge in [-0.3, -0.25) is 9.78 Å². The van der Waals surface area contributed by atoms with Crippen LogP contribution in [-0.4, -0.2) is 46.4 Å². The average molecular weight is 334 g/mol. The molecule has 0 atom stereocenters. The Labute approximate surface area is 130 Å². The molecule has 0 saturated carbocycles. The summed E-state index contributed by atoms with van der Waals surface area (Å²) in [6, 6.07) is 4.00. The number of halogens is 3. The second-order valence-electron chi connectivity index (χ2n) is 5.04. The fourth-order valence-corrected chi connectivity index (χ4v) is 2.20. The van der Waals surface area contributed by atoms with Gasteiger partial charge in [-0.05, 0) is 30.9 Å². The number of aromatic nitrogens is 1. The van der Waals surface area contributed by atoms with Crippen LogP contribution < -0.4 is 4.90 Å². The topological polar surface area (TPSA) is 90.7 Å². The summed E-state index contributed by atoms with van der Waals surface area (Å²) in [4.78, 5) is 25.8. The highest BCUT2D eigenvalue weighted by Crippen LogP contribution is 2.24. The van der Waals surface area contributed by atoms with Gasteiger partial charge >= 0.3 is 18.1 Å². The van der Waals surface area contributed by atoms with E-state index in [1.807, 2.05) is 12.1 Å². The molecule has 0 radical (unpaired) electrons. The lowest BCUT2D eigenvalue weighted by Gasteiger charge is -2.32. The van der Waals surface area contributed by atoms with Gasteiger partial charge in [-0.2, -0.15) is 13.2 Å².